The molecule has 2 heterocycles. The maximum absolute atomic E-state index is 12.9. The van der Waals surface area contributed by atoms with Crippen LogP contribution in [0, 0.1) is 0 Å². The average Bonchev–Trinajstić information content (AvgIpc) is 3.31. The van der Waals surface area contributed by atoms with Crippen molar-refractivity contribution in [2.45, 2.75) is 38.0 Å². The highest BCUT2D eigenvalue weighted by Gasteiger charge is 2.43. The summed E-state index contributed by atoms with van der Waals surface area (Å²) in [6.07, 6.45) is 1.57. The van der Waals surface area contributed by atoms with Gasteiger partial charge in [0.05, 0.1) is 13.2 Å². The maximum Gasteiger partial charge on any atom is 0.289 e. The van der Waals surface area contributed by atoms with E-state index in [1.165, 1.54) is 0 Å². The number of likely N-dealkylation sites (tertiary alicyclic amines) is 1. The number of carbonyl (C=O) groups excluding carboxylic acids is 1. The van der Waals surface area contributed by atoms with E-state index < -0.39 is 5.60 Å². The van der Waals surface area contributed by atoms with Crippen LogP contribution in [0.3, 0.4) is 0 Å². The van der Waals surface area contributed by atoms with Gasteiger partial charge in [-0.2, -0.15) is 0 Å². The topological polar surface area (TPSA) is 72.1 Å². The van der Waals surface area contributed by atoms with E-state index in [-0.39, 0.29) is 17.7 Å². The van der Waals surface area contributed by atoms with Crippen molar-refractivity contribution in [3.8, 4) is 5.75 Å². The number of hydrogen-bond acceptors (Lipinski definition) is 5. The molecule has 1 amide bonds. The van der Waals surface area contributed by atoms with E-state index in [4.69, 9.17) is 13.9 Å². The third kappa shape index (κ3) is 3.48. The van der Waals surface area contributed by atoms with Crippen molar-refractivity contribution < 1.29 is 23.8 Å². The number of benzene rings is 1. The lowest BCUT2D eigenvalue weighted by Gasteiger charge is -2.36. The van der Waals surface area contributed by atoms with Gasteiger partial charge in [0.1, 0.15) is 23.7 Å². The first-order valence-corrected chi connectivity index (χ1v) is 8.73. The van der Waals surface area contributed by atoms with Gasteiger partial charge < -0.3 is 23.9 Å². The fourth-order valence-electron chi connectivity index (χ4n) is 3.57. The van der Waals surface area contributed by atoms with E-state index in [0.717, 1.165) is 24.2 Å². The van der Waals surface area contributed by atoms with Crippen LogP contribution in [0.15, 0.2) is 40.8 Å². The van der Waals surface area contributed by atoms with E-state index >= 15 is 0 Å². The summed E-state index contributed by atoms with van der Waals surface area (Å²) >= 11 is 0. The van der Waals surface area contributed by atoms with Gasteiger partial charge in [-0.3, -0.25) is 4.79 Å². The standard InChI is InChI=1S/C20H25NO5/c1-20(23,14-6-8-15(25-3)9-7-14)18-5-4-12-21(18)19(22)17-11-10-16(26-17)13-24-2/h6-11,18,23H,4-5,12-13H2,1-3H3. The molecule has 0 aliphatic carbocycles. The van der Waals surface area contributed by atoms with Crippen LogP contribution in [0.2, 0.25) is 0 Å². The predicted molar refractivity (Wildman–Crippen MR) is 96.0 cm³/mol. The molecule has 2 unspecified atom stereocenters. The zero-order chi connectivity index (χ0) is 18.7. The van der Waals surface area contributed by atoms with Gasteiger partial charge in [-0.15, -0.1) is 0 Å². The van der Waals surface area contributed by atoms with Crippen LogP contribution < -0.4 is 4.74 Å². The van der Waals surface area contributed by atoms with Gasteiger partial charge in [0.25, 0.3) is 5.91 Å². The first-order chi connectivity index (χ1) is 12.5. The van der Waals surface area contributed by atoms with Crippen molar-refractivity contribution in [2.75, 3.05) is 20.8 Å². The summed E-state index contributed by atoms with van der Waals surface area (Å²) in [7, 11) is 3.18. The zero-order valence-corrected chi connectivity index (χ0v) is 15.4. The Morgan fingerprint density at radius 3 is 2.65 bits per heavy atom. The minimum atomic E-state index is -1.17. The molecule has 0 spiro atoms. The molecule has 140 valence electrons. The zero-order valence-electron chi connectivity index (χ0n) is 15.4. The Morgan fingerprint density at radius 1 is 1.27 bits per heavy atom. The number of nitrogens with zero attached hydrogens (tertiary/aromatic N) is 1. The smallest absolute Gasteiger partial charge is 0.289 e. The predicted octanol–water partition coefficient (Wildman–Crippen LogP) is 2.95. The highest BCUT2D eigenvalue weighted by atomic mass is 16.5. The van der Waals surface area contributed by atoms with Crippen LogP contribution in [0.1, 0.15) is 41.6 Å². The maximum atomic E-state index is 12.9. The molecule has 0 radical (unpaired) electrons. The second-order valence-electron chi connectivity index (χ2n) is 6.73. The van der Waals surface area contributed by atoms with E-state index in [1.54, 1.807) is 38.2 Å². The normalized spacial score (nSPS) is 19.4. The van der Waals surface area contributed by atoms with Crippen molar-refractivity contribution in [1.82, 2.24) is 4.90 Å². The van der Waals surface area contributed by atoms with Gasteiger partial charge >= 0.3 is 0 Å². The summed E-state index contributed by atoms with van der Waals surface area (Å²) in [5, 5.41) is 11.2. The number of amides is 1. The van der Waals surface area contributed by atoms with Gasteiger partial charge in [0.15, 0.2) is 5.76 Å². The van der Waals surface area contributed by atoms with Crippen LogP contribution in [0.4, 0.5) is 0 Å². The molecule has 0 saturated carbocycles. The molecule has 1 N–H and O–H groups in total. The van der Waals surface area contributed by atoms with Crippen LogP contribution in [0.25, 0.3) is 0 Å². The van der Waals surface area contributed by atoms with Crippen LogP contribution in [-0.4, -0.2) is 42.7 Å². The molecule has 1 aliphatic rings. The van der Waals surface area contributed by atoms with Crippen molar-refractivity contribution >= 4 is 5.91 Å². The third-order valence-corrected chi connectivity index (χ3v) is 5.00. The van der Waals surface area contributed by atoms with Crippen LogP contribution >= 0.6 is 0 Å². The Balaban J connectivity index is 1.82. The molecule has 6 nitrogen and oxygen atoms in total. The largest absolute Gasteiger partial charge is 0.497 e. The molecule has 2 atom stereocenters. The summed E-state index contributed by atoms with van der Waals surface area (Å²) in [5.41, 5.74) is -0.414. The van der Waals surface area contributed by atoms with E-state index in [0.29, 0.717) is 18.9 Å². The molecule has 1 fully saturated rings. The molecule has 1 aromatic carbocycles. The fraction of sp³-hybridized carbons (Fsp3) is 0.450. The number of carbonyl (C=O) groups is 1. The molecule has 1 aromatic heterocycles. The van der Waals surface area contributed by atoms with Crippen LogP contribution in [0.5, 0.6) is 5.75 Å². The van der Waals surface area contributed by atoms with Crippen LogP contribution in [-0.2, 0) is 16.9 Å². The van der Waals surface area contributed by atoms with Crippen molar-refractivity contribution in [3.05, 3.63) is 53.5 Å². The summed E-state index contributed by atoms with van der Waals surface area (Å²) < 4.78 is 15.8. The SMILES string of the molecule is COCc1ccc(C(=O)N2CCCC2C(C)(O)c2ccc(OC)cc2)o1. The molecule has 0 bridgehead atoms. The molecule has 6 heteroatoms. The first kappa shape index (κ1) is 18.5. The number of furan rings is 1. The Hall–Kier alpha value is -2.31. The highest BCUT2D eigenvalue weighted by Crippen LogP contribution is 2.36. The summed E-state index contributed by atoms with van der Waals surface area (Å²) in [4.78, 5) is 14.6. The number of aliphatic hydroxyl groups is 1. The van der Waals surface area contributed by atoms with Crippen molar-refractivity contribution in [2.24, 2.45) is 0 Å². The second kappa shape index (κ2) is 7.51. The minimum Gasteiger partial charge on any atom is -0.497 e. The molecule has 3 rings (SSSR count). The van der Waals surface area contributed by atoms with Crippen molar-refractivity contribution in [1.29, 1.82) is 0 Å². The number of ether oxygens (including phenoxy) is 2. The van der Waals surface area contributed by atoms with E-state index in [9.17, 15) is 9.90 Å². The molecule has 1 saturated heterocycles. The molecule has 2 aromatic rings. The van der Waals surface area contributed by atoms with E-state index in [1.807, 2.05) is 24.3 Å². The second-order valence-corrected chi connectivity index (χ2v) is 6.73. The summed E-state index contributed by atoms with van der Waals surface area (Å²) in [6, 6.07) is 10.4. The molecule has 1 aliphatic heterocycles. The third-order valence-electron chi connectivity index (χ3n) is 5.00. The Bertz CT molecular complexity index is 750. The van der Waals surface area contributed by atoms with Crippen molar-refractivity contribution in [3.63, 3.8) is 0 Å². The fourth-order valence-corrected chi connectivity index (χ4v) is 3.57. The minimum absolute atomic E-state index is 0.205. The number of rotatable bonds is 6. The molecular formula is C20H25NO5. The Kier molecular flexibility index (Phi) is 5.34. The first-order valence-electron chi connectivity index (χ1n) is 8.73. The monoisotopic (exact) mass is 359 g/mol. The van der Waals surface area contributed by atoms with Gasteiger partial charge in [-0.25, -0.2) is 0 Å². The highest BCUT2D eigenvalue weighted by molar-refractivity contribution is 5.92. The number of hydrogen-bond donors (Lipinski definition) is 1. The van der Waals surface area contributed by atoms with E-state index in [2.05, 4.69) is 0 Å². The lowest BCUT2D eigenvalue weighted by atomic mass is 9.86. The van der Waals surface area contributed by atoms with Gasteiger partial charge in [-0.1, -0.05) is 12.1 Å². The lowest BCUT2D eigenvalue weighted by molar-refractivity contribution is -0.0186. The summed E-state index contributed by atoms with van der Waals surface area (Å²) in [6.45, 7) is 2.67. The lowest BCUT2D eigenvalue weighted by Crippen LogP contribution is -2.48. The average molecular weight is 359 g/mol. The Morgan fingerprint density at radius 2 is 2.00 bits per heavy atom. The Labute approximate surface area is 153 Å². The van der Waals surface area contributed by atoms with Gasteiger partial charge in [-0.05, 0) is 49.6 Å². The summed E-state index contributed by atoms with van der Waals surface area (Å²) in [5.74, 6) is 1.40. The number of methoxy groups -OCH3 is 2. The quantitative estimate of drug-likeness (QED) is 0.858. The van der Waals surface area contributed by atoms with Gasteiger partial charge in [0.2, 0.25) is 0 Å². The molecule has 26 heavy (non-hydrogen) atoms. The van der Waals surface area contributed by atoms with Gasteiger partial charge in [0, 0.05) is 13.7 Å². The molecular weight excluding hydrogens is 334 g/mol.